The Bertz CT molecular complexity index is 1160. The largest absolute Gasteiger partial charge is 0.497 e. The van der Waals surface area contributed by atoms with E-state index < -0.39 is 24.1 Å². The molecule has 1 saturated heterocycles. The first-order valence-electron chi connectivity index (χ1n) is 10.5. The summed E-state index contributed by atoms with van der Waals surface area (Å²) >= 11 is 0. The molecular weight excluding hydrogens is 396 g/mol. The molecule has 0 atom stereocenters. The number of benzene rings is 1. The fraction of sp³-hybridized carbons (Fsp3) is 0.391. The zero-order valence-electron chi connectivity index (χ0n) is 18.7. The molecule has 0 radical (unpaired) electrons. The summed E-state index contributed by atoms with van der Waals surface area (Å²) in [6.45, 7) is 11.5. The lowest BCUT2D eigenvalue weighted by Gasteiger charge is -2.32. The SMILES string of the molecule is CCc1ccc2c(C(=O)Nc3cc(B4OC(C)(C)C(C)(C)O4)c(F)cc3C)cnn2c1. The van der Waals surface area contributed by atoms with Gasteiger partial charge >= 0.3 is 7.12 Å². The summed E-state index contributed by atoms with van der Waals surface area (Å²) in [6.07, 6.45) is 4.33. The third-order valence-electron chi connectivity index (χ3n) is 6.33. The first-order chi connectivity index (χ1) is 14.5. The van der Waals surface area contributed by atoms with E-state index in [0.717, 1.165) is 12.0 Å². The minimum absolute atomic E-state index is 0.256. The highest BCUT2D eigenvalue weighted by Gasteiger charge is 2.52. The van der Waals surface area contributed by atoms with Crippen molar-refractivity contribution in [1.29, 1.82) is 0 Å². The predicted octanol–water partition coefficient (Wildman–Crippen LogP) is 3.90. The maximum absolute atomic E-state index is 14.8. The molecule has 0 spiro atoms. The van der Waals surface area contributed by atoms with Crippen LogP contribution >= 0.6 is 0 Å². The lowest BCUT2D eigenvalue weighted by Crippen LogP contribution is -2.41. The monoisotopic (exact) mass is 423 g/mol. The van der Waals surface area contributed by atoms with Crippen molar-refractivity contribution in [3.05, 3.63) is 59.2 Å². The summed E-state index contributed by atoms with van der Waals surface area (Å²) in [7, 11) is -0.856. The molecule has 2 aromatic heterocycles. The van der Waals surface area contributed by atoms with E-state index in [1.54, 1.807) is 17.5 Å². The number of aryl methyl sites for hydroxylation is 2. The summed E-state index contributed by atoms with van der Waals surface area (Å²) in [6, 6.07) is 6.84. The number of amides is 1. The van der Waals surface area contributed by atoms with Gasteiger partial charge in [-0.05, 0) is 70.4 Å². The molecule has 3 aromatic rings. The van der Waals surface area contributed by atoms with Crippen LogP contribution in [0.25, 0.3) is 5.52 Å². The molecule has 1 N–H and O–H groups in total. The first-order valence-corrected chi connectivity index (χ1v) is 10.5. The molecule has 0 saturated carbocycles. The zero-order valence-corrected chi connectivity index (χ0v) is 18.7. The Hall–Kier alpha value is -2.71. The van der Waals surface area contributed by atoms with Crippen molar-refractivity contribution in [3.63, 3.8) is 0 Å². The number of anilines is 1. The number of hydrogen-bond acceptors (Lipinski definition) is 4. The molecule has 0 bridgehead atoms. The van der Waals surface area contributed by atoms with Crippen LogP contribution in [0.3, 0.4) is 0 Å². The summed E-state index contributed by atoms with van der Waals surface area (Å²) in [4.78, 5) is 13.0. The number of nitrogens with one attached hydrogen (secondary N) is 1. The number of pyridine rings is 1. The minimum atomic E-state index is -0.856. The van der Waals surface area contributed by atoms with Gasteiger partial charge in [0, 0.05) is 17.3 Å². The third kappa shape index (κ3) is 3.74. The molecule has 0 unspecified atom stereocenters. The second-order valence-electron chi connectivity index (χ2n) is 9.01. The fourth-order valence-corrected chi connectivity index (χ4v) is 3.58. The van der Waals surface area contributed by atoms with Gasteiger partial charge in [0.15, 0.2) is 0 Å². The Labute approximate surface area is 181 Å². The minimum Gasteiger partial charge on any atom is -0.399 e. The highest BCUT2D eigenvalue weighted by molar-refractivity contribution is 6.62. The van der Waals surface area contributed by atoms with Crippen molar-refractivity contribution in [2.24, 2.45) is 0 Å². The second-order valence-corrected chi connectivity index (χ2v) is 9.01. The van der Waals surface area contributed by atoms with Gasteiger partial charge in [-0.25, -0.2) is 8.91 Å². The second kappa shape index (κ2) is 7.46. The maximum Gasteiger partial charge on any atom is 0.497 e. The summed E-state index contributed by atoms with van der Waals surface area (Å²) in [5, 5.41) is 7.19. The Morgan fingerprint density at radius 3 is 2.52 bits per heavy atom. The van der Waals surface area contributed by atoms with Crippen LogP contribution in [0.5, 0.6) is 0 Å². The van der Waals surface area contributed by atoms with Gasteiger partial charge in [-0.1, -0.05) is 13.0 Å². The molecule has 1 fully saturated rings. The van der Waals surface area contributed by atoms with Crippen molar-refractivity contribution >= 4 is 29.7 Å². The van der Waals surface area contributed by atoms with Gasteiger partial charge in [0.2, 0.25) is 0 Å². The molecule has 1 aliphatic rings. The number of carbonyl (C=O) groups is 1. The summed E-state index contributed by atoms with van der Waals surface area (Å²) in [5.74, 6) is -0.745. The van der Waals surface area contributed by atoms with E-state index in [9.17, 15) is 9.18 Å². The molecule has 3 heterocycles. The van der Waals surface area contributed by atoms with Crippen molar-refractivity contribution < 1.29 is 18.5 Å². The molecule has 1 aromatic carbocycles. The molecule has 162 valence electrons. The van der Waals surface area contributed by atoms with Gasteiger partial charge < -0.3 is 14.6 Å². The van der Waals surface area contributed by atoms with Crippen molar-refractivity contribution in [1.82, 2.24) is 9.61 Å². The molecule has 1 amide bonds. The molecular formula is C23H27BFN3O3. The zero-order chi connectivity index (χ0) is 22.6. The van der Waals surface area contributed by atoms with Gasteiger partial charge in [-0.3, -0.25) is 4.79 Å². The van der Waals surface area contributed by atoms with Crippen molar-refractivity contribution in [2.45, 2.75) is 59.2 Å². The van der Waals surface area contributed by atoms with Gasteiger partial charge in [0.25, 0.3) is 5.91 Å². The van der Waals surface area contributed by atoms with E-state index in [1.165, 1.54) is 12.3 Å². The third-order valence-corrected chi connectivity index (χ3v) is 6.33. The number of nitrogens with zero attached hydrogens (tertiary/aromatic N) is 2. The molecule has 31 heavy (non-hydrogen) atoms. The smallest absolute Gasteiger partial charge is 0.399 e. The average molecular weight is 423 g/mol. The molecule has 1 aliphatic heterocycles. The molecule has 6 nitrogen and oxygen atoms in total. The van der Waals surface area contributed by atoms with Crippen LogP contribution in [0.1, 0.15) is 56.1 Å². The topological polar surface area (TPSA) is 64.9 Å². The average Bonchev–Trinajstić information content (AvgIpc) is 3.20. The number of hydrogen-bond donors (Lipinski definition) is 1. The Kier molecular flexibility index (Phi) is 5.18. The van der Waals surface area contributed by atoms with Crippen LogP contribution in [0.15, 0.2) is 36.7 Å². The van der Waals surface area contributed by atoms with E-state index in [-0.39, 0.29) is 11.4 Å². The van der Waals surface area contributed by atoms with E-state index >= 15 is 0 Å². The summed E-state index contributed by atoms with van der Waals surface area (Å²) in [5.41, 5.74) is 2.47. The van der Waals surface area contributed by atoms with Crippen LogP contribution in [-0.2, 0) is 15.7 Å². The van der Waals surface area contributed by atoms with Crippen LogP contribution in [0.2, 0.25) is 0 Å². The van der Waals surface area contributed by atoms with E-state index in [2.05, 4.69) is 17.3 Å². The van der Waals surface area contributed by atoms with E-state index in [4.69, 9.17) is 9.31 Å². The number of carbonyl (C=O) groups excluding carboxylic acids is 1. The maximum atomic E-state index is 14.8. The summed E-state index contributed by atoms with van der Waals surface area (Å²) < 4.78 is 28.5. The van der Waals surface area contributed by atoms with Gasteiger partial charge in [0.1, 0.15) is 5.82 Å². The molecule has 0 aliphatic carbocycles. The van der Waals surface area contributed by atoms with Crippen LogP contribution < -0.4 is 10.8 Å². The van der Waals surface area contributed by atoms with Gasteiger partial charge in [0.05, 0.1) is 28.5 Å². The molecule has 4 rings (SSSR count). The standard InChI is InChI=1S/C23H27BFN3O3/c1-7-15-8-9-20-16(12-26-28(20)13-15)21(29)27-19-11-17(18(25)10-14(19)2)24-30-22(3,4)23(5,6)31-24/h8-13H,7H2,1-6H3,(H,27,29). The van der Waals surface area contributed by atoms with E-state index in [0.29, 0.717) is 22.3 Å². The van der Waals surface area contributed by atoms with Crippen LogP contribution in [-0.4, -0.2) is 33.8 Å². The Balaban J connectivity index is 1.64. The lowest BCUT2D eigenvalue weighted by molar-refractivity contribution is 0.00578. The Morgan fingerprint density at radius 1 is 1.19 bits per heavy atom. The number of rotatable bonds is 4. The van der Waals surface area contributed by atoms with E-state index in [1.807, 2.05) is 46.0 Å². The Morgan fingerprint density at radius 2 is 1.87 bits per heavy atom. The lowest BCUT2D eigenvalue weighted by atomic mass is 9.78. The highest BCUT2D eigenvalue weighted by atomic mass is 19.1. The fourth-order valence-electron chi connectivity index (χ4n) is 3.58. The predicted molar refractivity (Wildman–Crippen MR) is 119 cm³/mol. The van der Waals surface area contributed by atoms with Gasteiger partial charge in [-0.15, -0.1) is 0 Å². The van der Waals surface area contributed by atoms with Crippen LogP contribution in [0, 0.1) is 12.7 Å². The first kappa shape index (κ1) is 21.5. The highest BCUT2D eigenvalue weighted by Crippen LogP contribution is 2.37. The molecule has 8 heteroatoms. The van der Waals surface area contributed by atoms with Gasteiger partial charge in [-0.2, -0.15) is 5.10 Å². The number of aromatic nitrogens is 2. The number of halogens is 1. The number of fused-ring (bicyclic) bond motifs is 1. The normalized spacial score (nSPS) is 17.3. The van der Waals surface area contributed by atoms with Crippen molar-refractivity contribution in [3.8, 4) is 0 Å². The van der Waals surface area contributed by atoms with Crippen molar-refractivity contribution in [2.75, 3.05) is 5.32 Å². The van der Waals surface area contributed by atoms with Crippen LogP contribution in [0.4, 0.5) is 10.1 Å². The quantitative estimate of drug-likeness (QED) is 0.647.